The van der Waals surface area contributed by atoms with Crippen LogP contribution in [0.1, 0.15) is 48.3 Å². The third-order valence-corrected chi connectivity index (χ3v) is 9.17. The lowest BCUT2D eigenvalue weighted by molar-refractivity contribution is -0.128. The smallest absolute Gasteiger partial charge is 0.246 e. The van der Waals surface area contributed by atoms with Gasteiger partial charge in [0.25, 0.3) is 0 Å². The Morgan fingerprint density at radius 3 is 2.73 bits per heavy atom. The number of nitrogens with zero attached hydrogens (tertiary/aromatic N) is 3. The summed E-state index contributed by atoms with van der Waals surface area (Å²) >= 11 is 8.49. The normalized spacial score (nSPS) is 19.2. The molecule has 0 radical (unpaired) electrons. The molecule has 1 amide bonds. The van der Waals surface area contributed by atoms with Crippen molar-refractivity contribution >= 4 is 57.2 Å². The zero-order valence-electron chi connectivity index (χ0n) is 21.0. The van der Waals surface area contributed by atoms with Crippen LogP contribution in [-0.2, 0) is 9.22 Å². The SMILES string of the molecule is O=C(/C=C/c1ccc(Cl)c(CI)c1)N1CCC(C(O)CN2CCC(c3c[nH]c4ncccc34)CC2)CC1. The summed E-state index contributed by atoms with van der Waals surface area (Å²) in [6, 6.07) is 10.00. The van der Waals surface area contributed by atoms with E-state index in [4.69, 9.17) is 11.6 Å². The molecule has 2 N–H and O–H groups in total. The number of hydrogen-bond acceptors (Lipinski definition) is 4. The summed E-state index contributed by atoms with van der Waals surface area (Å²) in [5, 5.41) is 13.0. The molecule has 3 aromatic rings. The first kappa shape index (κ1) is 26.7. The molecule has 4 heterocycles. The van der Waals surface area contributed by atoms with E-state index in [2.05, 4.69) is 49.7 Å². The van der Waals surface area contributed by atoms with Crippen molar-refractivity contribution < 1.29 is 9.90 Å². The minimum Gasteiger partial charge on any atom is -0.392 e. The molecule has 6 nitrogen and oxygen atoms in total. The van der Waals surface area contributed by atoms with Crippen LogP contribution < -0.4 is 0 Å². The standard InChI is InChI=1S/C29H34ClIN4O2/c30-26-5-3-20(16-23(26)17-31)4-6-28(37)35-14-9-22(10-15-35)27(36)19-34-12-7-21(8-13-34)25-18-33-29-24(25)2-1-11-32-29/h1-6,11,16,18,21-22,27,36H,7-10,12-15,17,19H2,(H,32,33)/b6-4+. The maximum atomic E-state index is 12.7. The monoisotopic (exact) mass is 632 g/mol. The maximum Gasteiger partial charge on any atom is 0.246 e. The quantitative estimate of drug-likeness (QED) is 0.201. The highest BCUT2D eigenvalue weighted by atomic mass is 127. The number of halogens is 2. The van der Waals surface area contributed by atoms with Crippen LogP contribution >= 0.6 is 34.2 Å². The second-order valence-electron chi connectivity index (χ2n) is 10.3. The van der Waals surface area contributed by atoms with E-state index in [-0.39, 0.29) is 17.9 Å². The van der Waals surface area contributed by atoms with E-state index in [1.54, 1.807) is 6.08 Å². The summed E-state index contributed by atoms with van der Waals surface area (Å²) in [6.45, 7) is 4.11. The van der Waals surface area contributed by atoms with Gasteiger partial charge in [-0.25, -0.2) is 4.98 Å². The lowest BCUT2D eigenvalue weighted by Gasteiger charge is -2.37. The van der Waals surface area contributed by atoms with Crippen molar-refractivity contribution in [2.75, 3.05) is 32.7 Å². The van der Waals surface area contributed by atoms with Gasteiger partial charge in [0.15, 0.2) is 0 Å². The van der Waals surface area contributed by atoms with Gasteiger partial charge in [-0.05, 0) is 97.6 Å². The molecule has 37 heavy (non-hydrogen) atoms. The van der Waals surface area contributed by atoms with Gasteiger partial charge in [-0.1, -0.05) is 40.3 Å². The van der Waals surface area contributed by atoms with Gasteiger partial charge in [-0.2, -0.15) is 0 Å². The average Bonchev–Trinajstić information content (AvgIpc) is 3.37. The first-order chi connectivity index (χ1) is 18.0. The number of piperidine rings is 2. The second-order valence-corrected chi connectivity index (χ2v) is 11.4. The summed E-state index contributed by atoms with van der Waals surface area (Å²) in [5.74, 6) is 0.816. The Kier molecular flexibility index (Phi) is 8.85. The van der Waals surface area contributed by atoms with Crippen molar-refractivity contribution in [1.82, 2.24) is 19.8 Å². The second kappa shape index (κ2) is 12.3. The summed E-state index contributed by atoms with van der Waals surface area (Å²) in [5.41, 5.74) is 4.40. The Morgan fingerprint density at radius 1 is 1.19 bits per heavy atom. The minimum absolute atomic E-state index is 0.0356. The van der Waals surface area contributed by atoms with E-state index in [0.717, 1.165) is 71.5 Å². The van der Waals surface area contributed by atoms with Crippen LogP contribution in [0.2, 0.25) is 5.02 Å². The number of benzene rings is 1. The van der Waals surface area contributed by atoms with Crippen molar-refractivity contribution in [3.63, 3.8) is 0 Å². The van der Waals surface area contributed by atoms with Gasteiger partial charge in [-0.3, -0.25) is 4.79 Å². The third kappa shape index (κ3) is 6.38. The minimum atomic E-state index is -0.345. The number of aromatic amines is 1. The highest BCUT2D eigenvalue weighted by Crippen LogP contribution is 2.33. The Balaban J connectivity index is 1.07. The molecule has 2 fully saturated rings. The number of rotatable bonds is 7. The first-order valence-corrected chi connectivity index (χ1v) is 15.1. The lowest BCUT2D eigenvalue weighted by Crippen LogP contribution is -2.45. The Morgan fingerprint density at radius 2 is 1.97 bits per heavy atom. The Hall–Kier alpha value is -1.94. The number of alkyl halides is 1. The van der Waals surface area contributed by atoms with Crippen molar-refractivity contribution in [1.29, 1.82) is 0 Å². The predicted molar refractivity (Wildman–Crippen MR) is 158 cm³/mol. The maximum absolute atomic E-state index is 12.7. The molecule has 8 heteroatoms. The molecule has 2 aromatic heterocycles. The number of hydrogen-bond donors (Lipinski definition) is 2. The lowest BCUT2D eigenvalue weighted by atomic mass is 9.88. The first-order valence-electron chi connectivity index (χ1n) is 13.2. The van der Waals surface area contributed by atoms with Crippen LogP contribution in [0.4, 0.5) is 0 Å². The van der Waals surface area contributed by atoms with Crippen LogP contribution in [0, 0.1) is 5.92 Å². The number of fused-ring (bicyclic) bond motifs is 1. The number of aliphatic hydroxyl groups is 1. The molecule has 5 rings (SSSR count). The largest absolute Gasteiger partial charge is 0.392 e. The molecule has 1 atom stereocenters. The van der Waals surface area contributed by atoms with E-state index in [0.29, 0.717) is 19.0 Å². The Bertz CT molecular complexity index is 1250. The highest BCUT2D eigenvalue weighted by molar-refractivity contribution is 14.1. The van der Waals surface area contributed by atoms with Crippen LogP contribution in [0.15, 0.2) is 48.8 Å². The number of nitrogens with one attached hydrogen (secondary N) is 1. The molecule has 0 aliphatic carbocycles. The van der Waals surface area contributed by atoms with Crippen LogP contribution in [0.25, 0.3) is 17.1 Å². The number of carbonyl (C=O) groups excluding carboxylic acids is 1. The van der Waals surface area contributed by atoms with Crippen LogP contribution in [-0.4, -0.2) is 69.6 Å². The summed E-state index contributed by atoms with van der Waals surface area (Å²) in [7, 11) is 0. The van der Waals surface area contributed by atoms with Gasteiger partial charge in [0.1, 0.15) is 5.65 Å². The van der Waals surface area contributed by atoms with Crippen molar-refractivity contribution in [2.24, 2.45) is 5.92 Å². The van der Waals surface area contributed by atoms with E-state index in [1.807, 2.05) is 41.4 Å². The number of likely N-dealkylation sites (tertiary alicyclic amines) is 2. The van der Waals surface area contributed by atoms with Crippen LogP contribution in [0.3, 0.4) is 0 Å². The third-order valence-electron chi connectivity index (χ3n) is 7.98. The van der Waals surface area contributed by atoms with Gasteiger partial charge in [0, 0.05) is 52.9 Å². The molecular formula is C29H34ClIN4O2. The van der Waals surface area contributed by atoms with Gasteiger partial charge in [0.05, 0.1) is 6.10 Å². The fourth-order valence-corrected chi connectivity index (χ4v) is 6.77. The number of β-amino-alcohol motifs (C(OH)–C–C–N with tert-alkyl or cyclic N) is 1. The summed E-state index contributed by atoms with van der Waals surface area (Å²) in [6.07, 6.45) is 11.0. The fourth-order valence-electron chi connectivity index (χ4n) is 5.73. The summed E-state index contributed by atoms with van der Waals surface area (Å²) < 4.78 is 0.835. The zero-order chi connectivity index (χ0) is 25.8. The number of pyridine rings is 1. The van der Waals surface area contributed by atoms with Gasteiger partial charge >= 0.3 is 0 Å². The van der Waals surface area contributed by atoms with E-state index in [1.165, 1.54) is 10.9 Å². The van der Waals surface area contributed by atoms with Gasteiger partial charge < -0.3 is 19.9 Å². The molecule has 0 bridgehead atoms. The average molecular weight is 633 g/mol. The molecule has 2 aliphatic rings. The van der Waals surface area contributed by atoms with E-state index in [9.17, 15) is 9.90 Å². The molecule has 1 aromatic carbocycles. The number of aromatic nitrogens is 2. The topological polar surface area (TPSA) is 72.5 Å². The molecule has 0 spiro atoms. The van der Waals surface area contributed by atoms with Crippen molar-refractivity contribution in [2.45, 2.75) is 42.1 Å². The molecule has 0 saturated carbocycles. The number of H-pyrrole nitrogens is 1. The van der Waals surface area contributed by atoms with Crippen molar-refractivity contribution in [3.8, 4) is 0 Å². The summed E-state index contributed by atoms with van der Waals surface area (Å²) in [4.78, 5) is 24.8. The molecule has 2 aliphatic heterocycles. The van der Waals surface area contributed by atoms with Gasteiger partial charge in [-0.15, -0.1) is 0 Å². The van der Waals surface area contributed by atoms with Gasteiger partial charge in [0.2, 0.25) is 5.91 Å². The molecule has 196 valence electrons. The molecule has 2 saturated heterocycles. The number of amides is 1. The van der Waals surface area contributed by atoms with Crippen molar-refractivity contribution in [3.05, 3.63) is 70.5 Å². The molecule has 1 unspecified atom stereocenters. The van der Waals surface area contributed by atoms with Crippen LogP contribution in [0.5, 0.6) is 0 Å². The Labute approximate surface area is 237 Å². The van der Waals surface area contributed by atoms with E-state index < -0.39 is 0 Å². The van der Waals surface area contributed by atoms with E-state index >= 15 is 0 Å². The highest BCUT2D eigenvalue weighted by Gasteiger charge is 2.30. The fraction of sp³-hybridized carbons (Fsp3) is 0.448. The number of aliphatic hydroxyl groups excluding tert-OH is 1. The predicted octanol–water partition coefficient (Wildman–Crippen LogP) is 5.64. The number of carbonyl (C=O) groups is 1. The molecular weight excluding hydrogens is 599 g/mol. The zero-order valence-corrected chi connectivity index (χ0v) is 23.9.